The lowest BCUT2D eigenvalue weighted by Crippen LogP contribution is -2.03. The third-order valence-electron chi connectivity index (χ3n) is 4.12. The van der Waals surface area contributed by atoms with E-state index in [1.54, 1.807) is 6.33 Å². The van der Waals surface area contributed by atoms with Crippen LogP contribution in [0.4, 0.5) is 0 Å². The maximum Gasteiger partial charge on any atom is 0.328 e. The van der Waals surface area contributed by atoms with Crippen LogP contribution in [0.2, 0.25) is 0 Å². The molecule has 146 valence electrons. The van der Waals surface area contributed by atoms with E-state index in [4.69, 9.17) is 10.2 Å². The molecule has 0 saturated heterocycles. The summed E-state index contributed by atoms with van der Waals surface area (Å²) in [6, 6.07) is 7.88. The number of aromatic nitrogens is 3. The van der Waals surface area contributed by atoms with Gasteiger partial charge in [-0.2, -0.15) is 0 Å². The van der Waals surface area contributed by atoms with Crippen molar-refractivity contribution in [2.75, 3.05) is 0 Å². The van der Waals surface area contributed by atoms with Crippen molar-refractivity contribution in [1.29, 1.82) is 0 Å². The lowest BCUT2D eigenvalue weighted by molar-refractivity contribution is -0.134. The largest absolute Gasteiger partial charge is 0.478 e. The molecule has 3 aromatic rings. The van der Waals surface area contributed by atoms with Crippen LogP contribution in [-0.2, 0) is 23.1 Å². The van der Waals surface area contributed by atoms with Crippen LogP contribution in [0, 0.1) is 6.92 Å². The summed E-state index contributed by atoms with van der Waals surface area (Å²) >= 11 is 0. The van der Waals surface area contributed by atoms with Crippen LogP contribution in [0.15, 0.2) is 48.9 Å². The molecule has 0 aliphatic rings. The van der Waals surface area contributed by atoms with Gasteiger partial charge >= 0.3 is 11.9 Å². The van der Waals surface area contributed by atoms with Crippen molar-refractivity contribution in [2.45, 2.75) is 19.8 Å². The summed E-state index contributed by atoms with van der Waals surface area (Å²) in [6.07, 6.45) is 5.94. The van der Waals surface area contributed by atoms with Crippen LogP contribution < -0.4 is 0 Å². The van der Waals surface area contributed by atoms with Crippen molar-refractivity contribution >= 4 is 28.6 Å². The van der Waals surface area contributed by atoms with E-state index in [0.717, 1.165) is 27.9 Å². The van der Waals surface area contributed by atoms with Crippen molar-refractivity contribution in [3.05, 3.63) is 65.9 Å². The normalized spacial score (nSPS) is 10.6. The highest BCUT2D eigenvalue weighted by molar-refractivity contribution is 6.07. The zero-order valence-corrected chi connectivity index (χ0v) is 15.5. The highest BCUT2D eigenvalue weighted by atomic mass is 16.4. The SMILES string of the molecule is Cc1[nH]cnc1CCC(=O)c1cccc2c1ccn2C.O=C(O)/C=C\C(=O)O. The first-order chi connectivity index (χ1) is 13.3. The number of nitrogens with one attached hydrogen (secondary N) is 1. The van der Waals surface area contributed by atoms with Crippen molar-refractivity contribution < 1.29 is 24.6 Å². The summed E-state index contributed by atoms with van der Waals surface area (Å²) in [4.78, 5) is 38.8. The minimum absolute atomic E-state index is 0.171. The fourth-order valence-electron chi connectivity index (χ4n) is 2.69. The zero-order valence-electron chi connectivity index (χ0n) is 15.5. The quantitative estimate of drug-likeness (QED) is 0.444. The van der Waals surface area contributed by atoms with Gasteiger partial charge in [-0.15, -0.1) is 0 Å². The number of hydrogen-bond acceptors (Lipinski definition) is 4. The number of Topliss-reactive ketones (excluding diaryl/α,β-unsaturated/α-hetero) is 1. The summed E-state index contributed by atoms with van der Waals surface area (Å²) < 4.78 is 2.03. The fraction of sp³-hybridized carbons (Fsp3) is 0.200. The second-order valence-corrected chi connectivity index (χ2v) is 6.07. The first-order valence-corrected chi connectivity index (χ1v) is 8.49. The number of ketones is 1. The predicted molar refractivity (Wildman–Crippen MR) is 103 cm³/mol. The van der Waals surface area contributed by atoms with E-state index in [1.807, 2.05) is 49.0 Å². The Hall–Kier alpha value is -3.68. The summed E-state index contributed by atoms with van der Waals surface area (Å²) in [6.45, 7) is 1.98. The number of nitrogens with zero attached hydrogens (tertiary/aromatic N) is 2. The molecule has 0 unspecified atom stereocenters. The lowest BCUT2D eigenvalue weighted by atomic mass is 10.0. The van der Waals surface area contributed by atoms with Crippen molar-refractivity contribution in [1.82, 2.24) is 14.5 Å². The Kier molecular flexibility index (Phi) is 6.86. The molecule has 0 fully saturated rings. The van der Waals surface area contributed by atoms with Gasteiger partial charge in [0.15, 0.2) is 5.78 Å². The highest BCUT2D eigenvalue weighted by Crippen LogP contribution is 2.21. The molecule has 0 atom stereocenters. The third-order valence-corrected chi connectivity index (χ3v) is 4.12. The number of aromatic amines is 1. The van der Waals surface area contributed by atoms with Crippen LogP contribution in [0.5, 0.6) is 0 Å². The maximum absolute atomic E-state index is 12.4. The number of benzene rings is 1. The van der Waals surface area contributed by atoms with Gasteiger partial charge in [-0.1, -0.05) is 12.1 Å². The molecule has 0 bridgehead atoms. The van der Waals surface area contributed by atoms with Gasteiger partial charge in [0.25, 0.3) is 0 Å². The second kappa shape index (κ2) is 9.31. The molecule has 0 aliphatic heterocycles. The summed E-state index contributed by atoms with van der Waals surface area (Å²) in [7, 11) is 1.99. The fourth-order valence-corrected chi connectivity index (χ4v) is 2.69. The average Bonchev–Trinajstić information content (AvgIpc) is 3.24. The monoisotopic (exact) mass is 383 g/mol. The van der Waals surface area contributed by atoms with Crippen LogP contribution >= 0.6 is 0 Å². The number of carbonyl (C=O) groups is 3. The molecule has 8 nitrogen and oxygen atoms in total. The first-order valence-electron chi connectivity index (χ1n) is 8.49. The Morgan fingerprint density at radius 1 is 1.14 bits per heavy atom. The number of aliphatic carboxylic acids is 2. The average molecular weight is 383 g/mol. The molecule has 0 radical (unpaired) electrons. The van der Waals surface area contributed by atoms with Crippen molar-refractivity contribution in [3.8, 4) is 0 Å². The Bertz CT molecular complexity index is 1010. The molecule has 0 spiro atoms. The van der Waals surface area contributed by atoms with Crippen molar-refractivity contribution in [2.24, 2.45) is 7.05 Å². The third kappa shape index (κ3) is 5.41. The van der Waals surface area contributed by atoms with Gasteiger partial charge in [-0.3, -0.25) is 4.79 Å². The van der Waals surface area contributed by atoms with Gasteiger partial charge in [-0.05, 0) is 25.5 Å². The van der Waals surface area contributed by atoms with E-state index in [0.29, 0.717) is 25.0 Å². The van der Waals surface area contributed by atoms with E-state index in [-0.39, 0.29) is 5.78 Å². The Morgan fingerprint density at radius 2 is 1.82 bits per heavy atom. The topological polar surface area (TPSA) is 125 Å². The molecule has 0 saturated carbocycles. The lowest BCUT2D eigenvalue weighted by Gasteiger charge is -2.04. The molecular weight excluding hydrogens is 362 g/mol. The molecule has 2 aromatic heterocycles. The number of carboxylic acid groups (broad SMARTS) is 2. The van der Waals surface area contributed by atoms with E-state index in [2.05, 4.69) is 9.97 Å². The van der Waals surface area contributed by atoms with Crippen molar-refractivity contribution in [3.63, 3.8) is 0 Å². The minimum Gasteiger partial charge on any atom is -0.478 e. The van der Waals surface area contributed by atoms with Gasteiger partial charge in [0.05, 0.1) is 12.0 Å². The van der Waals surface area contributed by atoms with Gasteiger partial charge < -0.3 is 19.8 Å². The summed E-state index contributed by atoms with van der Waals surface area (Å²) in [5.74, 6) is -2.34. The standard InChI is InChI=1S/C16H17N3O.C4H4O4/c1-11-14(18-10-17-11)6-7-16(20)13-4-3-5-15-12(13)8-9-19(15)2;5-3(6)1-2-4(7)8/h3-5,8-10H,6-7H2,1-2H3,(H,17,18);1-2H,(H,5,6)(H,7,8)/b;2-1-. The maximum atomic E-state index is 12.4. The first kappa shape index (κ1) is 20.6. The number of H-pyrrole nitrogens is 1. The number of fused-ring (bicyclic) bond motifs is 1. The number of carboxylic acids is 2. The molecule has 0 aliphatic carbocycles. The summed E-state index contributed by atoms with van der Waals surface area (Å²) in [5, 5.41) is 16.7. The molecule has 3 N–H and O–H groups in total. The second-order valence-electron chi connectivity index (χ2n) is 6.07. The number of rotatable bonds is 6. The predicted octanol–water partition coefficient (Wildman–Crippen LogP) is 2.74. The molecule has 2 heterocycles. The van der Waals surface area contributed by atoms with Crippen LogP contribution in [0.1, 0.15) is 28.2 Å². The van der Waals surface area contributed by atoms with Gasteiger partial charge in [0.1, 0.15) is 0 Å². The molecule has 1 aromatic carbocycles. The van der Waals surface area contributed by atoms with E-state index < -0.39 is 11.9 Å². The molecular formula is C20H21N3O5. The van der Waals surface area contributed by atoms with E-state index >= 15 is 0 Å². The van der Waals surface area contributed by atoms with E-state index in [9.17, 15) is 14.4 Å². The molecule has 28 heavy (non-hydrogen) atoms. The Morgan fingerprint density at radius 3 is 2.39 bits per heavy atom. The number of aryl methyl sites for hydroxylation is 3. The van der Waals surface area contributed by atoms with Gasteiger partial charge in [-0.25, -0.2) is 14.6 Å². The molecule has 8 heteroatoms. The minimum atomic E-state index is -1.26. The Balaban J connectivity index is 0.000000300. The van der Waals surface area contributed by atoms with Gasteiger partial charge in [0.2, 0.25) is 0 Å². The highest BCUT2D eigenvalue weighted by Gasteiger charge is 2.12. The van der Waals surface area contributed by atoms with Crippen LogP contribution in [0.25, 0.3) is 10.9 Å². The van der Waals surface area contributed by atoms with Gasteiger partial charge in [0, 0.05) is 54.0 Å². The van der Waals surface area contributed by atoms with Crippen LogP contribution in [0.3, 0.4) is 0 Å². The zero-order chi connectivity index (χ0) is 20.7. The number of imidazole rings is 1. The number of carbonyl (C=O) groups excluding carboxylic acids is 1. The van der Waals surface area contributed by atoms with Crippen LogP contribution in [-0.4, -0.2) is 42.5 Å². The number of hydrogen-bond donors (Lipinski definition) is 3. The molecule has 0 amide bonds. The summed E-state index contributed by atoms with van der Waals surface area (Å²) in [5.41, 5.74) is 3.90. The van der Waals surface area contributed by atoms with E-state index in [1.165, 1.54) is 0 Å². The molecule has 3 rings (SSSR count). The smallest absolute Gasteiger partial charge is 0.328 e. The Labute approximate surface area is 161 Å².